The molecule has 0 spiro atoms. The molecule has 2 amide bonds. The standard InChI is InChI=1S/C16H14Cl2N2O/c17-12-4-6-14(7-5-12)19-15(21)20-16(8-9-16)11-2-1-3-13(18)10-11/h1-7,10H,8-9H2,(H2,19,20,21). The highest BCUT2D eigenvalue weighted by atomic mass is 35.5. The van der Waals surface area contributed by atoms with Crippen molar-refractivity contribution in [2.45, 2.75) is 18.4 Å². The van der Waals surface area contributed by atoms with Gasteiger partial charge in [0.05, 0.1) is 5.54 Å². The first-order valence-corrected chi connectivity index (χ1v) is 7.44. The van der Waals surface area contributed by atoms with Gasteiger partial charge < -0.3 is 10.6 Å². The highest BCUT2D eigenvalue weighted by Crippen LogP contribution is 2.46. The molecule has 1 fully saturated rings. The first kappa shape index (κ1) is 14.2. The number of anilines is 1. The van der Waals surface area contributed by atoms with Crippen LogP contribution in [0.15, 0.2) is 48.5 Å². The minimum Gasteiger partial charge on any atom is -0.328 e. The van der Waals surface area contributed by atoms with Gasteiger partial charge in [-0.15, -0.1) is 0 Å². The van der Waals surface area contributed by atoms with Crippen LogP contribution < -0.4 is 10.6 Å². The van der Waals surface area contributed by atoms with Crippen LogP contribution >= 0.6 is 23.2 Å². The van der Waals surface area contributed by atoms with E-state index in [2.05, 4.69) is 10.6 Å². The van der Waals surface area contributed by atoms with Gasteiger partial charge >= 0.3 is 6.03 Å². The molecule has 0 saturated heterocycles. The summed E-state index contributed by atoms with van der Waals surface area (Å²) < 4.78 is 0. The van der Waals surface area contributed by atoms with E-state index in [1.54, 1.807) is 24.3 Å². The van der Waals surface area contributed by atoms with E-state index in [0.717, 1.165) is 18.4 Å². The highest BCUT2D eigenvalue weighted by molar-refractivity contribution is 6.30. The van der Waals surface area contributed by atoms with Gasteiger partial charge in [0.2, 0.25) is 0 Å². The van der Waals surface area contributed by atoms with Crippen molar-refractivity contribution in [2.75, 3.05) is 5.32 Å². The van der Waals surface area contributed by atoms with Gasteiger partial charge in [-0.1, -0.05) is 35.3 Å². The number of amides is 2. The molecule has 0 heterocycles. The summed E-state index contributed by atoms with van der Waals surface area (Å²) in [7, 11) is 0. The Morgan fingerprint density at radius 1 is 1.00 bits per heavy atom. The van der Waals surface area contributed by atoms with Gasteiger partial charge in [-0.25, -0.2) is 4.79 Å². The van der Waals surface area contributed by atoms with Crippen LogP contribution in [0.1, 0.15) is 18.4 Å². The lowest BCUT2D eigenvalue weighted by Crippen LogP contribution is -2.38. The smallest absolute Gasteiger partial charge is 0.319 e. The van der Waals surface area contributed by atoms with Crippen LogP contribution in [0.25, 0.3) is 0 Å². The lowest BCUT2D eigenvalue weighted by atomic mass is 10.1. The van der Waals surface area contributed by atoms with Gasteiger partial charge in [0.1, 0.15) is 0 Å². The van der Waals surface area contributed by atoms with Gasteiger partial charge in [-0.2, -0.15) is 0 Å². The fraction of sp³-hybridized carbons (Fsp3) is 0.188. The Hall–Kier alpha value is -1.71. The van der Waals surface area contributed by atoms with Crippen molar-refractivity contribution < 1.29 is 4.79 Å². The van der Waals surface area contributed by atoms with Crippen LogP contribution in [0.3, 0.4) is 0 Å². The molecule has 1 saturated carbocycles. The Labute approximate surface area is 133 Å². The van der Waals surface area contributed by atoms with Gasteiger partial charge in [-0.3, -0.25) is 0 Å². The topological polar surface area (TPSA) is 41.1 Å². The molecular weight excluding hydrogens is 307 g/mol. The molecule has 3 nitrogen and oxygen atoms in total. The first-order valence-electron chi connectivity index (χ1n) is 6.68. The molecule has 0 aliphatic heterocycles. The fourth-order valence-electron chi connectivity index (χ4n) is 2.31. The molecule has 1 aliphatic rings. The second kappa shape index (κ2) is 5.58. The number of hydrogen-bond acceptors (Lipinski definition) is 1. The summed E-state index contributed by atoms with van der Waals surface area (Å²) in [4.78, 5) is 12.1. The number of halogens is 2. The number of hydrogen-bond donors (Lipinski definition) is 2. The van der Waals surface area contributed by atoms with Crippen LogP contribution in [-0.2, 0) is 5.54 Å². The van der Waals surface area contributed by atoms with E-state index in [0.29, 0.717) is 15.7 Å². The molecule has 21 heavy (non-hydrogen) atoms. The van der Waals surface area contributed by atoms with Gasteiger partial charge in [0, 0.05) is 15.7 Å². The minimum atomic E-state index is -0.290. The summed E-state index contributed by atoms with van der Waals surface area (Å²) in [5, 5.41) is 7.16. The summed E-state index contributed by atoms with van der Waals surface area (Å²) in [5.41, 5.74) is 1.46. The number of carbonyl (C=O) groups is 1. The lowest BCUT2D eigenvalue weighted by molar-refractivity contribution is 0.247. The van der Waals surface area contributed by atoms with E-state index in [4.69, 9.17) is 23.2 Å². The van der Waals surface area contributed by atoms with Crippen molar-refractivity contribution in [3.05, 3.63) is 64.1 Å². The number of urea groups is 1. The molecule has 2 aromatic carbocycles. The van der Waals surface area contributed by atoms with E-state index in [1.165, 1.54) is 0 Å². The number of benzene rings is 2. The van der Waals surface area contributed by atoms with E-state index >= 15 is 0 Å². The molecular formula is C16H14Cl2N2O. The summed E-state index contributed by atoms with van der Waals surface area (Å²) in [6, 6.07) is 14.4. The second-order valence-electron chi connectivity index (χ2n) is 5.18. The Morgan fingerprint density at radius 3 is 2.33 bits per heavy atom. The highest BCUT2D eigenvalue weighted by Gasteiger charge is 2.45. The molecule has 0 aromatic heterocycles. The Balaban J connectivity index is 1.68. The van der Waals surface area contributed by atoms with Crippen molar-refractivity contribution in [3.8, 4) is 0 Å². The van der Waals surface area contributed by atoms with Crippen molar-refractivity contribution in [1.29, 1.82) is 0 Å². The molecule has 1 aliphatic carbocycles. The maximum Gasteiger partial charge on any atom is 0.319 e. The van der Waals surface area contributed by atoms with Crippen LogP contribution in [-0.4, -0.2) is 6.03 Å². The van der Waals surface area contributed by atoms with Crippen LogP contribution in [0.2, 0.25) is 10.0 Å². The van der Waals surface area contributed by atoms with E-state index < -0.39 is 0 Å². The zero-order valence-electron chi connectivity index (χ0n) is 11.2. The second-order valence-corrected chi connectivity index (χ2v) is 6.05. The maximum atomic E-state index is 12.1. The Kier molecular flexibility index (Phi) is 3.79. The number of nitrogens with one attached hydrogen (secondary N) is 2. The molecule has 108 valence electrons. The molecule has 0 radical (unpaired) electrons. The molecule has 2 aromatic rings. The molecule has 0 bridgehead atoms. The van der Waals surface area contributed by atoms with Crippen molar-refractivity contribution in [2.24, 2.45) is 0 Å². The summed E-state index contributed by atoms with van der Waals surface area (Å²) >= 11 is 11.8. The van der Waals surface area contributed by atoms with Gasteiger partial charge in [-0.05, 0) is 54.8 Å². The number of rotatable bonds is 3. The zero-order chi connectivity index (χ0) is 14.9. The van der Waals surface area contributed by atoms with E-state index in [-0.39, 0.29) is 11.6 Å². The monoisotopic (exact) mass is 320 g/mol. The van der Waals surface area contributed by atoms with Gasteiger partial charge in [0.25, 0.3) is 0 Å². The summed E-state index contributed by atoms with van der Waals surface area (Å²) in [6.07, 6.45) is 1.84. The lowest BCUT2D eigenvalue weighted by Gasteiger charge is -2.18. The van der Waals surface area contributed by atoms with Crippen molar-refractivity contribution in [3.63, 3.8) is 0 Å². The fourth-order valence-corrected chi connectivity index (χ4v) is 2.63. The average Bonchev–Trinajstić information content (AvgIpc) is 3.22. The third-order valence-corrected chi connectivity index (χ3v) is 4.07. The van der Waals surface area contributed by atoms with Crippen LogP contribution in [0, 0.1) is 0 Å². The molecule has 0 atom stereocenters. The third kappa shape index (κ3) is 3.31. The molecule has 2 N–H and O–H groups in total. The number of carbonyl (C=O) groups excluding carboxylic acids is 1. The van der Waals surface area contributed by atoms with Crippen LogP contribution in [0.4, 0.5) is 10.5 Å². The zero-order valence-corrected chi connectivity index (χ0v) is 12.7. The van der Waals surface area contributed by atoms with Crippen molar-refractivity contribution in [1.82, 2.24) is 5.32 Å². The molecule has 0 unspecified atom stereocenters. The van der Waals surface area contributed by atoms with E-state index in [1.807, 2.05) is 24.3 Å². The van der Waals surface area contributed by atoms with Crippen molar-refractivity contribution >= 4 is 34.9 Å². The average molecular weight is 321 g/mol. The first-order chi connectivity index (χ1) is 10.1. The normalized spacial score (nSPS) is 15.3. The Bertz CT molecular complexity index is 666. The SMILES string of the molecule is O=C(Nc1ccc(Cl)cc1)NC1(c2cccc(Cl)c2)CC1. The maximum absolute atomic E-state index is 12.1. The van der Waals surface area contributed by atoms with E-state index in [9.17, 15) is 4.79 Å². The Morgan fingerprint density at radius 2 is 1.71 bits per heavy atom. The van der Waals surface area contributed by atoms with Crippen LogP contribution in [0.5, 0.6) is 0 Å². The molecule has 3 rings (SSSR count). The summed E-state index contributed by atoms with van der Waals surface area (Å²) in [6.45, 7) is 0. The quantitative estimate of drug-likeness (QED) is 0.837. The minimum absolute atomic E-state index is 0.227. The molecule has 5 heteroatoms. The summed E-state index contributed by atoms with van der Waals surface area (Å²) in [5.74, 6) is 0. The predicted octanol–water partition coefficient (Wildman–Crippen LogP) is 4.80. The largest absolute Gasteiger partial charge is 0.328 e. The predicted molar refractivity (Wildman–Crippen MR) is 86.0 cm³/mol. The third-order valence-electron chi connectivity index (χ3n) is 3.58. The van der Waals surface area contributed by atoms with Gasteiger partial charge in [0.15, 0.2) is 0 Å².